The lowest BCUT2D eigenvalue weighted by Gasteiger charge is -2.23. The maximum atomic E-state index is 12.8. The summed E-state index contributed by atoms with van der Waals surface area (Å²) in [6.07, 6.45) is 0.442. The van der Waals surface area contributed by atoms with Crippen molar-refractivity contribution in [3.8, 4) is 23.0 Å². The molecular weight excluding hydrogens is 740 g/mol. The zero-order chi connectivity index (χ0) is 39.6. The molecule has 8 nitrogen and oxygen atoms in total. The maximum absolute atomic E-state index is 12.8. The molecule has 0 aromatic heterocycles. The van der Waals surface area contributed by atoms with E-state index in [0.717, 1.165) is 37.7 Å². The number of carbonyl (C=O) groups excluding carboxylic acids is 2. The lowest BCUT2D eigenvalue weighted by atomic mass is 10.0. The minimum absolute atomic E-state index is 0.0208. The number of esters is 2. The highest BCUT2D eigenvalue weighted by Crippen LogP contribution is 2.44. The Bertz CT molecular complexity index is 2490. The number of halogens is 1. The van der Waals surface area contributed by atoms with Crippen LogP contribution in [-0.4, -0.2) is 50.6 Å². The van der Waals surface area contributed by atoms with Gasteiger partial charge in [-0.15, -0.1) is 0 Å². The Hall–Kier alpha value is -5.99. The number of carbonyl (C=O) groups is 2. The molecule has 7 aromatic carbocycles. The van der Waals surface area contributed by atoms with E-state index in [0.29, 0.717) is 46.2 Å². The van der Waals surface area contributed by atoms with Gasteiger partial charge in [-0.25, -0.2) is 0 Å². The van der Waals surface area contributed by atoms with Gasteiger partial charge >= 0.3 is 11.9 Å². The molecule has 292 valence electrons. The van der Waals surface area contributed by atoms with Crippen molar-refractivity contribution in [2.75, 3.05) is 26.4 Å². The first-order chi connectivity index (χ1) is 27.9. The third-order valence-electron chi connectivity index (χ3n) is 9.57. The first-order valence-corrected chi connectivity index (χ1v) is 19.8. The summed E-state index contributed by atoms with van der Waals surface area (Å²) in [6.45, 7) is 4.09. The van der Waals surface area contributed by atoms with Gasteiger partial charge in [0.25, 0.3) is 0 Å². The van der Waals surface area contributed by atoms with Crippen molar-refractivity contribution in [2.45, 2.75) is 51.7 Å². The molecule has 0 saturated heterocycles. The van der Waals surface area contributed by atoms with Gasteiger partial charge in [-0.3, -0.25) is 9.59 Å². The van der Waals surface area contributed by atoms with Crippen LogP contribution in [0.2, 0.25) is 5.02 Å². The monoisotopic (exact) mass is 784 g/mol. The van der Waals surface area contributed by atoms with Crippen LogP contribution in [-0.2, 0) is 19.1 Å². The molecule has 57 heavy (non-hydrogen) atoms. The molecule has 0 radical (unpaired) electrons. The van der Waals surface area contributed by atoms with E-state index in [1.54, 1.807) is 6.07 Å². The molecule has 0 aliphatic heterocycles. The van der Waals surface area contributed by atoms with Gasteiger partial charge in [0.15, 0.2) is 12.2 Å². The molecule has 9 heteroatoms. The third-order valence-corrected chi connectivity index (χ3v) is 9.80. The molecule has 2 atom stereocenters. The second-order valence-electron chi connectivity index (χ2n) is 13.8. The topological polar surface area (TPSA) is 89.5 Å². The van der Waals surface area contributed by atoms with Gasteiger partial charge in [0.2, 0.25) is 0 Å². The fraction of sp³-hybridized carbons (Fsp3) is 0.250. The van der Waals surface area contributed by atoms with Crippen molar-refractivity contribution in [3.63, 3.8) is 0 Å². The number of ether oxygens (including phenoxy) is 6. The standard InChI is InChI=1S/C48H45ClO8/c1-3-13-45(50)56-35(28-52-43-23-11-17-32-15-5-7-19-37(32)43)30-54-47-39-21-9-10-22-40(39)48(42-27-34(49)25-26-41(42)47)55-31-36(57-46(51)14-4-2)29-53-44-24-12-18-33-16-6-8-20-38(33)44/h5-12,15-27,35-36H,3-4,13-14,28-31H2,1-2H3. The Labute approximate surface area is 337 Å². The van der Waals surface area contributed by atoms with E-state index in [1.165, 1.54) is 0 Å². The van der Waals surface area contributed by atoms with E-state index in [2.05, 4.69) is 0 Å². The van der Waals surface area contributed by atoms with E-state index in [-0.39, 0.29) is 51.2 Å². The molecule has 0 heterocycles. The molecule has 0 saturated carbocycles. The van der Waals surface area contributed by atoms with Crippen LogP contribution in [0.25, 0.3) is 43.1 Å². The molecule has 0 N–H and O–H groups in total. The summed E-state index contributed by atoms with van der Waals surface area (Å²) < 4.78 is 37.7. The van der Waals surface area contributed by atoms with Crippen LogP contribution in [0.1, 0.15) is 39.5 Å². The zero-order valence-corrected chi connectivity index (χ0v) is 32.8. The van der Waals surface area contributed by atoms with Gasteiger partial charge in [0, 0.05) is 50.2 Å². The van der Waals surface area contributed by atoms with Gasteiger partial charge in [-0.1, -0.05) is 123 Å². The lowest BCUT2D eigenvalue weighted by Crippen LogP contribution is -2.31. The minimum atomic E-state index is -0.716. The summed E-state index contributed by atoms with van der Waals surface area (Å²) in [5.74, 6) is 1.87. The molecule has 0 bridgehead atoms. The van der Waals surface area contributed by atoms with Gasteiger partial charge in [0.05, 0.1) is 0 Å². The van der Waals surface area contributed by atoms with Crippen LogP contribution < -0.4 is 18.9 Å². The molecule has 0 amide bonds. The van der Waals surface area contributed by atoms with Crippen LogP contribution in [0.4, 0.5) is 0 Å². The summed E-state index contributed by atoms with van der Waals surface area (Å²) >= 11 is 6.62. The molecular formula is C48H45ClO8. The molecule has 0 aliphatic rings. The fourth-order valence-corrected chi connectivity index (χ4v) is 7.05. The molecule has 0 fully saturated rings. The van der Waals surface area contributed by atoms with Crippen LogP contribution in [0, 0.1) is 0 Å². The second kappa shape index (κ2) is 18.8. The fourth-order valence-electron chi connectivity index (χ4n) is 6.87. The third kappa shape index (κ3) is 9.52. The van der Waals surface area contributed by atoms with Crippen molar-refractivity contribution < 1.29 is 38.0 Å². The number of hydrogen-bond acceptors (Lipinski definition) is 8. The number of rotatable bonds is 18. The Morgan fingerprint density at radius 1 is 0.474 bits per heavy atom. The summed E-state index contributed by atoms with van der Waals surface area (Å²) in [7, 11) is 0. The van der Waals surface area contributed by atoms with Crippen molar-refractivity contribution in [2.24, 2.45) is 0 Å². The van der Waals surface area contributed by atoms with Crippen molar-refractivity contribution in [3.05, 3.63) is 132 Å². The van der Waals surface area contributed by atoms with Crippen LogP contribution >= 0.6 is 11.6 Å². The Morgan fingerprint density at radius 3 is 1.37 bits per heavy atom. The van der Waals surface area contributed by atoms with E-state index in [9.17, 15) is 9.59 Å². The smallest absolute Gasteiger partial charge is 0.306 e. The summed E-state index contributed by atoms with van der Waals surface area (Å²) in [6, 6.07) is 41.0. The van der Waals surface area contributed by atoms with Crippen molar-refractivity contribution in [1.82, 2.24) is 0 Å². The highest BCUT2D eigenvalue weighted by molar-refractivity contribution is 6.31. The maximum Gasteiger partial charge on any atom is 0.306 e. The molecule has 0 aliphatic carbocycles. The summed E-state index contributed by atoms with van der Waals surface area (Å²) in [5, 5.41) is 7.53. The molecule has 0 spiro atoms. The van der Waals surface area contributed by atoms with Gasteiger partial charge < -0.3 is 28.4 Å². The van der Waals surface area contributed by atoms with E-state index < -0.39 is 12.2 Å². The van der Waals surface area contributed by atoms with Gasteiger partial charge in [-0.05, 0) is 53.9 Å². The molecule has 2 unspecified atom stereocenters. The largest absolute Gasteiger partial charge is 0.489 e. The predicted octanol–water partition coefficient (Wildman–Crippen LogP) is 11.3. The normalized spacial score (nSPS) is 12.3. The van der Waals surface area contributed by atoms with Crippen molar-refractivity contribution >= 4 is 66.6 Å². The van der Waals surface area contributed by atoms with Crippen LogP contribution in [0.3, 0.4) is 0 Å². The van der Waals surface area contributed by atoms with E-state index >= 15 is 0 Å². The Kier molecular flexibility index (Phi) is 12.9. The zero-order valence-electron chi connectivity index (χ0n) is 32.1. The van der Waals surface area contributed by atoms with Gasteiger partial charge in [-0.2, -0.15) is 0 Å². The minimum Gasteiger partial charge on any atom is -0.489 e. The average Bonchev–Trinajstić information content (AvgIpc) is 3.23. The van der Waals surface area contributed by atoms with E-state index in [1.807, 2.05) is 135 Å². The quantitative estimate of drug-likeness (QED) is 0.0628. The number of fused-ring (bicyclic) bond motifs is 4. The average molecular weight is 785 g/mol. The summed E-state index contributed by atoms with van der Waals surface area (Å²) in [4.78, 5) is 25.6. The summed E-state index contributed by atoms with van der Waals surface area (Å²) in [5.41, 5.74) is 0. The molecule has 7 aromatic rings. The number of benzene rings is 7. The predicted molar refractivity (Wildman–Crippen MR) is 226 cm³/mol. The SMILES string of the molecule is CCCC(=O)OC(COc1cccc2ccccc12)COc1c2ccccc2c(OCC(COc2cccc3ccccc23)OC(=O)CCC)c2cc(Cl)ccc12. The van der Waals surface area contributed by atoms with Gasteiger partial charge in [0.1, 0.15) is 49.4 Å². The van der Waals surface area contributed by atoms with Crippen molar-refractivity contribution in [1.29, 1.82) is 0 Å². The first-order valence-electron chi connectivity index (χ1n) is 19.4. The number of hydrogen-bond donors (Lipinski definition) is 0. The highest BCUT2D eigenvalue weighted by atomic mass is 35.5. The second-order valence-corrected chi connectivity index (χ2v) is 14.3. The first kappa shape index (κ1) is 39.3. The molecule has 7 rings (SSSR count). The Balaban J connectivity index is 1.17. The Morgan fingerprint density at radius 2 is 0.877 bits per heavy atom. The lowest BCUT2D eigenvalue weighted by molar-refractivity contribution is -0.153. The highest BCUT2D eigenvalue weighted by Gasteiger charge is 2.23. The van der Waals surface area contributed by atoms with E-state index in [4.69, 9.17) is 40.0 Å². The van der Waals surface area contributed by atoms with Crippen LogP contribution in [0.15, 0.2) is 127 Å². The van der Waals surface area contributed by atoms with Crippen LogP contribution in [0.5, 0.6) is 23.0 Å².